The van der Waals surface area contributed by atoms with Gasteiger partial charge in [0, 0.05) is 11.6 Å². The highest BCUT2D eigenvalue weighted by Crippen LogP contribution is 2.52. The minimum Gasteiger partial charge on any atom is -0.393 e. The van der Waals surface area contributed by atoms with E-state index in [0.717, 1.165) is 16.8 Å². The first-order valence-corrected chi connectivity index (χ1v) is 9.93. The number of nitrogens with zero attached hydrogens (tertiary/aromatic N) is 1. The number of carbonyl (C=O) groups is 3. The van der Waals surface area contributed by atoms with Crippen molar-refractivity contribution in [3.05, 3.63) is 77.9 Å². The van der Waals surface area contributed by atoms with E-state index in [2.05, 4.69) is 0 Å². The second-order valence-electron chi connectivity index (χ2n) is 8.04. The van der Waals surface area contributed by atoms with Gasteiger partial charge in [0.1, 0.15) is 0 Å². The lowest BCUT2D eigenvalue weighted by atomic mass is 9.64. The van der Waals surface area contributed by atoms with Crippen LogP contribution in [-0.2, 0) is 19.1 Å². The Morgan fingerprint density at radius 2 is 1.62 bits per heavy atom. The van der Waals surface area contributed by atoms with Gasteiger partial charge in [-0.3, -0.25) is 14.4 Å². The van der Waals surface area contributed by atoms with Crippen LogP contribution in [0.25, 0.3) is 0 Å². The molecule has 5 rings (SSSR count). The molecule has 1 aliphatic carbocycles. The summed E-state index contributed by atoms with van der Waals surface area (Å²) in [6, 6.07) is 17.6. The maximum Gasteiger partial charge on any atom is 0.318 e. The van der Waals surface area contributed by atoms with Gasteiger partial charge in [0.05, 0.1) is 23.8 Å². The van der Waals surface area contributed by atoms with Crippen LogP contribution in [0.3, 0.4) is 0 Å². The summed E-state index contributed by atoms with van der Waals surface area (Å²) in [6.07, 6.45) is 4.34. The number of hydrogen-bond donors (Lipinski definition) is 0. The molecule has 2 aromatic carbocycles. The van der Waals surface area contributed by atoms with Crippen LogP contribution in [0.4, 0.5) is 5.69 Å². The fraction of sp³-hybridized carbons (Fsp3) is 0.292. The fourth-order valence-electron chi connectivity index (χ4n) is 4.95. The van der Waals surface area contributed by atoms with Crippen molar-refractivity contribution in [2.75, 3.05) is 4.90 Å². The molecular weight excluding hydrogens is 366 g/mol. The molecule has 2 saturated heterocycles. The summed E-state index contributed by atoms with van der Waals surface area (Å²) >= 11 is 0. The van der Waals surface area contributed by atoms with Crippen molar-refractivity contribution in [3.8, 4) is 0 Å². The molecule has 0 unspecified atom stereocenters. The predicted octanol–water partition coefficient (Wildman–Crippen LogP) is 3.59. The van der Waals surface area contributed by atoms with Gasteiger partial charge in [-0.25, -0.2) is 0 Å². The first-order valence-electron chi connectivity index (χ1n) is 9.93. The number of fused-ring (bicyclic) bond motifs is 1. The van der Waals surface area contributed by atoms with Crippen molar-refractivity contribution in [3.63, 3.8) is 0 Å². The van der Waals surface area contributed by atoms with Crippen LogP contribution in [0.1, 0.15) is 23.6 Å². The normalized spacial score (nSPS) is 30.7. The largest absolute Gasteiger partial charge is 0.393 e. The van der Waals surface area contributed by atoms with Gasteiger partial charge in [-0.2, -0.15) is 0 Å². The van der Waals surface area contributed by atoms with Gasteiger partial charge >= 0.3 is 11.9 Å². The van der Waals surface area contributed by atoms with Crippen LogP contribution in [0, 0.1) is 30.6 Å². The lowest BCUT2D eigenvalue weighted by Gasteiger charge is -2.51. The monoisotopic (exact) mass is 387 g/mol. The molecule has 5 nitrogen and oxygen atoms in total. The fourth-order valence-corrected chi connectivity index (χ4v) is 4.95. The number of rotatable bonds is 3. The molecule has 0 aromatic heterocycles. The van der Waals surface area contributed by atoms with E-state index >= 15 is 0 Å². The summed E-state index contributed by atoms with van der Waals surface area (Å²) in [5, 5.41) is 0. The van der Waals surface area contributed by atoms with Crippen LogP contribution < -0.4 is 4.90 Å². The summed E-state index contributed by atoms with van der Waals surface area (Å²) in [7, 11) is 0. The number of hydrogen-bond acceptors (Lipinski definition) is 4. The van der Waals surface area contributed by atoms with Crippen LogP contribution in [0.2, 0.25) is 0 Å². The van der Waals surface area contributed by atoms with Crippen molar-refractivity contribution in [2.24, 2.45) is 23.7 Å². The Hall–Kier alpha value is -3.21. The standard InChI is InChI=1S/C24H21NO4/c1-14-10-12-16(13-11-14)25-21(15-6-3-2-4-7-15)20(22(25)26)17-8-5-9-18-19(17)24(28)29-23(18)27/h2-8,10-13,17-21H,9H2,1H3/t17-,18+,19-,20-,21-/m1/s1. The average molecular weight is 387 g/mol. The number of aryl methyl sites for hydroxylation is 1. The molecule has 5 heteroatoms. The van der Waals surface area contributed by atoms with Crippen LogP contribution >= 0.6 is 0 Å². The highest BCUT2D eigenvalue weighted by molar-refractivity contribution is 6.05. The molecule has 1 amide bonds. The van der Waals surface area contributed by atoms with E-state index in [1.165, 1.54) is 0 Å². The Kier molecular flexibility index (Phi) is 4.12. The first-order chi connectivity index (χ1) is 14.1. The summed E-state index contributed by atoms with van der Waals surface area (Å²) in [5.41, 5.74) is 2.98. The molecule has 146 valence electrons. The third-order valence-corrected chi connectivity index (χ3v) is 6.38. The van der Waals surface area contributed by atoms with Crippen molar-refractivity contribution >= 4 is 23.5 Å². The van der Waals surface area contributed by atoms with Crippen molar-refractivity contribution < 1.29 is 19.1 Å². The van der Waals surface area contributed by atoms with Gasteiger partial charge in [-0.15, -0.1) is 0 Å². The van der Waals surface area contributed by atoms with Crippen molar-refractivity contribution in [1.29, 1.82) is 0 Å². The van der Waals surface area contributed by atoms with Crippen LogP contribution in [-0.4, -0.2) is 17.8 Å². The molecule has 2 fully saturated rings. The maximum atomic E-state index is 13.4. The predicted molar refractivity (Wildman–Crippen MR) is 107 cm³/mol. The molecule has 0 saturated carbocycles. The number of ether oxygens (including phenoxy) is 1. The topological polar surface area (TPSA) is 63.7 Å². The van der Waals surface area contributed by atoms with Gasteiger partial charge < -0.3 is 9.64 Å². The number of anilines is 1. The third-order valence-electron chi connectivity index (χ3n) is 6.38. The van der Waals surface area contributed by atoms with E-state index in [0.29, 0.717) is 6.42 Å². The molecule has 3 aliphatic rings. The van der Waals surface area contributed by atoms with Gasteiger partial charge in [0.15, 0.2) is 0 Å². The third kappa shape index (κ3) is 2.72. The van der Waals surface area contributed by atoms with E-state index < -0.39 is 29.7 Å². The van der Waals surface area contributed by atoms with Gasteiger partial charge in [-0.1, -0.05) is 60.2 Å². The first kappa shape index (κ1) is 17.9. The molecule has 0 spiro atoms. The van der Waals surface area contributed by atoms with Crippen molar-refractivity contribution in [1.82, 2.24) is 0 Å². The molecule has 2 heterocycles. The van der Waals surface area contributed by atoms with E-state index in [9.17, 15) is 14.4 Å². The second-order valence-corrected chi connectivity index (χ2v) is 8.04. The zero-order valence-corrected chi connectivity index (χ0v) is 16.0. The van der Waals surface area contributed by atoms with E-state index in [-0.39, 0.29) is 17.9 Å². The van der Waals surface area contributed by atoms with Crippen molar-refractivity contribution in [2.45, 2.75) is 19.4 Å². The zero-order valence-electron chi connectivity index (χ0n) is 16.0. The maximum absolute atomic E-state index is 13.4. The minimum atomic E-state index is -0.576. The van der Waals surface area contributed by atoms with Crippen LogP contribution in [0.5, 0.6) is 0 Å². The Morgan fingerprint density at radius 3 is 2.34 bits per heavy atom. The molecule has 29 heavy (non-hydrogen) atoms. The minimum absolute atomic E-state index is 0.0230. The van der Waals surface area contributed by atoms with E-state index in [4.69, 9.17) is 4.74 Å². The molecule has 0 N–H and O–H groups in total. The van der Waals surface area contributed by atoms with E-state index in [1.54, 1.807) is 4.90 Å². The number of cyclic esters (lactones) is 2. The summed E-state index contributed by atoms with van der Waals surface area (Å²) in [4.78, 5) is 39.6. The molecule has 2 aliphatic heterocycles. The zero-order chi connectivity index (χ0) is 20.1. The number of benzene rings is 2. The van der Waals surface area contributed by atoms with Gasteiger partial charge in [0.25, 0.3) is 0 Å². The SMILES string of the molecule is Cc1ccc(N2C(=O)[C@H]([C@@H]3C=CC[C@@H]4C(=O)OC(=O)[C@H]34)[C@H]2c2ccccc2)cc1. The molecule has 0 bridgehead atoms. The second kappa shape index (κ2) is 6.69. The number of β-lactam (4-membered cyclic amide) rings is 1. The molecular formula is C24H21NO4. The number of amides is 1. The Bertz CT molecular complexity index is 1010. The lowest BCUT2D eigenvalue weighted by Crippen LogP contribution is -2.59. The number of carbonyl (C=O) groups excluding carboxylic acids is 3. The summed E-state index contributed by atoms with van der Waals surface area (Å²) in [5.74, 6) is -2.78. The highest BCUT2D eigenvalue weighted by Gasteiger charge is 2.59. The Balaban J connectivity index is 1.55. The summed E-state index contributed by atoms with van der Waals surface area (Å²) < 4.78 is 4.92. The number of allylic oxidation sites excluding steroid dienone is 2. The van der Waals surface area contributed by atoms with E-state index in [1.807, 2.05) is 73.7 Å². The summed E-state index contributed by atoms with van der Waals surface area (Å²) in [6.45, 7) is 2.01. The van der Waals surface area contributed by atoms with Gasteiger partial charge in [-0.05, 0) is 31.0 Å². The lowest BCUT2D eigenvalue weighted by molar-refractivity contribution is -0.154. The molecule has 2 aromatic rings. The quantitative estimate of drug-likeness (QED) is 0.349. The Labute approximate surface area is 169 Å². The molecule has 0 radical (unpaired) electrons. The smallest absolute Gasteiger partial charge is 0.318 e. The van der Waals surface area contributed by atoms with Crippen LogP contribution in [0.15, 0.2) is 66.7 Å². The molecule has 5 atom stereocenters. The van der Waals surface area contributed by atoms with Gasteiger partial charge in [0.2, 0.25) is 5.91 Å². The highest BCUT2D eigenvalue weighted by atomic mass is 16.6. The number of esters is 2. The average Bonchev–Trinajstić information content (AvgIpc) is 3.03. The Morgan fingerprint density at radius 1 is 0.897 bits per heavy atom.